The molecule has 0 amide bonds. The minimum Gasteiger partial charge on any atom is -0.387 e. The zero-order chi connectivity index (χ0) is 23.1. The van der Waals surface area contributed by atoms with Gasteiger partial charge in [-0.15, -0.1) is 0 Å². The van der Waals surface area contributed by atoms with Crippen molar-refractivity contribution in [3.8, 4) is 0 Å². The third-order valence-electron chi connectivity index (χ3n) is 5.38. The molecule has 0 bridgehead atoms. The average Bonchev–Trinajstić information content (AvgIpc) is 3.28. The van der Waals surface area contributed by atoms with E-state index in [1.165, 1.54) is 12.1 Å². The lowest BCUT2D eigenvalue weighted by atomic mass is 9.99. The molecule has 1 aromatic heterocycles. The van der Waals surface area contributed by atoms with E-state index in [0.717, 1.165) is 31.5 Å². The number of nitrogens with one attached hydrogen (secondary N) is 2. The van der Waals surface area contributed by atoms with Crippen molar-refractivity contribution in [3.63, 3.8) is 0 Å². The molecule has 1 aliphatic rings. The summed E-state index contributed by atoms with van der Waals surface area (Å²) in [4.78, 5) is 6.67. The zero-order valence-electron chi connectivity index (χ0n) is 18.3. The molecule has 174 valence electrons. The summed E-state index contributed by atoms with van der Waals surface area (Å²) in [5.74, 6) is 0.744. The molecule has 1 aromatic carbocycles. The number of hydrogen-bond acceptors (Lipinski definition) is 7. The van der Waals surface area contributed by atoms with Gasteiger partial charge in [-0.25, -0.2) is 4.39 Å². The Morgan fingerprint density at radius 2 is 2.22 bits per heavy atom. The predicted molar refractivity (Wildman–Crippen MR) is 126 cm³/mol. The van der Waals surface area contributed by atoms with Crippen molar-refractivity contribution in [2.45, 2.75) is 38.6 Å². The van der Waals surface area contributed by atoms with E-state index in [-0.39, 0.29) is 10.9 Å². The number of halogens is 3. The van der Waals surface area contributed by atoms with Gasteiger partial charge in [0.1, 0.15) is 11.5 Å². The molecule has 0 aliphatic carbocycles. The Balaban J connectivity index is 1.86. The number of aromatic nitrogens is 2. The lowest BCUT2D eigenvalue weighted by molar-refractivity contribution is 0.330. The standard InChI is InChI=1S/C22H29Cl2FN6O/c1-3-4-14(7-8-26)21-29-22(32-30-21)19(27-2)11-15-12-28-9-10-31(15)13-16-17(23)5-6-18(25)20(16)24/h5-6,11-12,14,27-28H,3-4,7-10,13,26H2,1-2H3/b19-11-. The molecule has 0 radical (unpaired) electrons. The molecule has 0 spiro atoms. The highest BCUT2D eigenvalue weighted by Gasteiger charge is 2.21. The molecule has 0 saturated carbocycles. The Morgan fingerprint density at radius 3 is 2.94 bits per heavy atom. The van der Waals surface area contributed by atoms with Gasteiger partial charge in [0.05, 0.1) is 10.7 Å². The van der Waals surface area contributed by atoms with E-state index in [1.807, 2.05) is 12.3 Å². The minimum atomic E-state index is -0.490. The van der Waals surface area contributed by atoms with Gasteiger partial charge in [-0.3, -0.25) is 0 Å². The molecule has 4 N–H and O–H groups in total. The van der Waals surface area contributed by atoms with Crippen molar-refractivity contribution in [1.29, 1.82) is 0 Å². The molecule has 10 heteroatoms. The van der Waals surface area contributed by atoms with Crippen LogP contribution in [-0.4, -0.2) is 41.7 Å². The van der Waals surface area contributed by atoms with Crippen LogP contribution in [0.1, 0.15) is 49.4 Å². The second-order valence-corrected chi connectivity index (χ2v) is 8.38. The third kappa shape index (κ3) is 5.74. The van der Waals surface area contributed by atoms with Crippen LogP contribution < -0.4 is 16.4 Å². The quantitative estimate of drug-likeness (QED) is 0.435. The molecular formula is C22H29Cl2FN6O. The van der Waals surface area contributed by atoms with Gasteiger partial charge < -0.3 is 25.8 Å². The van der Waals surface area contributed by atoms with Crippen LogP contribution in [0.3, 0.4) is 0 Å². The second-order valence-electron chi connectivity index (χ2n) is 7.60. The summed E-state index contributed by atoms with van der Waals surface area (Å²) in [7, 11) is 1.79. The van der Waals surface area contributed by atoms with Crippen LogP contribution in [0.25, 0.3) is 5.70 Å². The van der Waals surface area contributed by atoms with Crippen molar-refractivity contribution in [3.05, 3.63) is 63.2 Å². The Bertz CT molecular complexity index is 971. The zero-order valence-corrected chi connectivity index (χ0v) is 19.8. The van der Waals surface area contributed by atoms with E-state index < -0.39 is 5.82 Å². The van der Waals surface area contributed by atoms with Crippen LogP contribution in [0.4, 0.5) is 4.39 Å². The first-order valence-electron chi connectivity index (χ1n) is 10.7. The Morgan fingerprint density at radius 1 is 1.41 bits per heavy atom. The van der Waals surface area contributed by atoms with E-state index in [0.29, 0.717) is 47.6 Å². The predicted octanol–water partition coefficient (Wildman–Crippen LogP) is 4.26. The Hall–Kier alpha value is -2.29. The minimum absolute atomic E-state index is 0.0385. The first-order chi connectivity index (χ1) is 15.5. The number of benzene rings is 1. The van der Waals surface area contributed by atoms with Crippen LogP contribution >= 0.6 is 23.2 Å². The maximum absolute atomic E-state index is 14.0. The number of nitrogens with zero attached hydrogens (tertiary/aromatic N) is 3. The van der Waals surface area contributed by atoms with E-state index in [9.17, 15) is 4.39 Å². The first kappa shape index (κ1) is 24.4. The highest BCUT2D eigenvalue weighted by molar-refractivity contribution is 6.36. The fraction of sp³-hybridized carbons (Fsp3) is 0.455. The molecule has 0 saturated heterocycles. The van der Waals surface area contributed by atoms with Crippen LogP contribution in [0.15, 0.2) is 34.6 Å². The van der Waals surface area contributed by atoms with Crippen LogP contribution in [-0.2, 0) is 6.54 Å². The van der Waals surface area contributed by atoms with E-state index in [2.05, 4.69) is 32.6 Å². The van der Waals surface area contributed by atoms with Gasteiger partial charge in [0.25, 0.3) is 5.89 Å². The molecule has 2 heterocycles. The van der Waals surface area contributed by atoms with Gasteiger partial charge >= 0.3 is 0 Å². The van der Waals surface area contributed by atoms with Gasteiger partial charge in [-0.1, -0.05) is 41.7 Å². The van der Waals surface area contributed by atoms with Crippen LogP contribution in [0, 0.1) is 5.82 Å². The molecule has 32 heavy (non-hydrogen) atoms. The van der Waals surface area contributed by atoms with Crippen molar-refractivity contribution in [1.82, 2.24) is 25.7 Å². The van der Waals surface area contributed by atoms with Crippen LogP contribution in [0.2, 0.25) is 10.0 Å². The largest absolute Gasteiger partial charge is 0.387 e. The highest BCUT2D eigenvalue weighted by atomic mass is 35.5. The summed E-state index contributed by atoms with van der Waals surface area (Å²) in [6.07, 6.45) is 6.56. The smallest absolute Gasteiger partial charge is 0.274 e. The lowest BCUT2D eigenvalue weighted by Gasteiger charge is -2.30. The summed E-state index contributed by atoms with van der Waals surface area (Å²) in [5.41, 5.74) is 7.82. The van der Waals surface area contributed by atoms with Crippen LogP contribution in [0.5, 0.6) is 0 Å². The number of nitrogens with two attached hydrogens (primary N) is 1. The van der Waals surface area contributed by atoms with Crippen molar-refractivity contribution in [2.75, 3.05) is 26.7 Å². The molecular weight excluding hydrogens is 454 g/mol. The van der Waals surface area contributed by atoms with E-state index in [1.54, 1.807) is 7.05 Å². The summed E-state index contributed by atoms with van der Waals surface area (Å²) >= 11 is 12.5. The van der Waals surface area contributed by atoms with Crippen molar-refractivity contribution in [2.24, 2.45) is 5.73 Å². The van der Waals surface area contributed by atoms with Crippen molar-refractivity contribution >= 4 is 28.9 Å². The lowest BCUT2D eigenvalue weighted by Crippen LogP contribution is -2.35. The van der Waals surface area contributed by atoms with Gasteiger partial charge in [-0.2, -0.15) is 4.98 Å². The average molecular weight is 483 g/mol. The molecule has 2 aromatic rings. The first-order valence-corrected chi connectivity index (χ1v) is 11.5. The van der Waals surface area contributed by atoms with Crippen molar-refractivity contribution < 1.29 is 8.91 Å². The van der Waals surface area contributed by atoms with Gasteiger partial charge in [0.2, 0.25) is 0 Å². The van der Waals surface area contributed by atoms with Gasteiger partial charge in [-0.05, 0) is 37.6 Å². The second kappa shape index (κ2) is 11.5. The number of hydrogen-bond donors (Lipinski definition) is 3. The molecule has 7 nitrogen and oxygen atoms in total. The summed E-state index contributed by atoms with van der Waals surface area (Å²) in [6.45, 7) is 4.48. The van der Waals surface area contributed by atoms with E-state index in [4.69, 9.17) is 33.5 Å². The summed E-state index contributed by atoms with van der Waals surface area (Å²) < 4.78 is 19.5. The maximum Gasteiger partial charge on any atom is 0.274 e. The summed E-state index contributed by atoms with van der Waals surface area (Å²) in [6, 6.07) is 2.79. The third-order valence-corrected chi connectivity index (χ3v) is 6.14. The number of allylic oxidation sites excluding steroid dienone is 1. The molecule has 1 unspecified atom stereocenters. The van der Waals surface area contributed by atoms with E-state index >= 15 is 0 Å². The molecule has 1 atom stereocenters. The fourth-order valence-electron chi connectivity index (χ4n) is 3.66. The van der Waals surface area contributed by atoms with Gasteiger partial charge in [0, 0.05) is 49.4 Å². The summed E-state index contributed by atoms with van der Waals surface area (Å²) in [5, 5.41) is 11.0. The number of rotatable bonds is 10. The normalized spacial score (nSPS) is 15.4. The monoisotopic (exact) mass is 482 g/mol. The Labute approximate surface area is 197 Å². The van der Waals surface area contributed by atoms with Gasteiger partial charge in [0.15, 0.2) is 5.82 Å². The molecule has 1 aliphatic heterocycles. The molecule has 0 fully saturated rings. The SMILES string of the molecule is CCCC(CCN)c1noc(/C(=C/C2=CNCCN2Cc2c(Cl)ccc(F)c2Cl)NC)n1. The maximum atomic E-state index is 14.0. The topological polar surface area (TPSA) is 92.2 Å². The Kier molecular flexibility index (Phi) is 8.78. The highest BCUT2D eigenvalue weighted by Crippen LogP contribution is 2.30. The molecule has 3 rings (SSSR count). The fourth-order valence-corrected chi connectivity index (χ4v) is 4.15.